The second-order valence-corrected chi connectivity index (χ2v) is 5.85. The summed E-state index contributed by atoms with van der Waals surface area (Å²) in [6, 6.07) is 0. The van der Waals surface area contributed by atoms with Gasteiger partial charge < -0.3 is 20.4 Å². The molecule has 0 amide bonds. The van der Waals surface area contributed by atoms with Crippen LogP contribution in [-0.2, 0) is 4.79 Å². The standard InChI is InChI=1S/C16H26O5/c1-11(17)5-3-2-4-6-12-9-13(18)10-14(12)15(19)7-8-16(20)21/h4,6-8,11-15,17-19H,2-3,5,9-10H2,1H3,(H,20,21)/b6-4-,8-7-/t11-,12+,13-,14+,15+/m0/s1. The van der Waals surface area contributed by atoms with Crippen molar-refractivity contribution in [2.24, 2.45) is 11.8 Å². The molecule has 0 aliphatic heterocycles. The number of aliphatic hydroxyl groups excluding tert-OH is 3. The predicted octanol–water partition coefficient (Wildman–Crippen LogP) is 1.48. The first-order valence-corrected chi connectivity index (χ1v) is 7.52. The first kappa shape index (κ1) is 17.9. The van der Waals surface area contributed by atoms with Gasteiger partial charge >= 0.3 is 5.97 Å². The van der Waals surface area contributed by atoms with Crippen molar-refractivity contribution in [2.45, 2.75) is 57.3 Å². The molecule has 5 atom stereocenters. The predicted molar refractivity (Wildman–Crippen MR) is 79.7 cm³/mol. The molecule has 5 heteroatoms. The van der Waals surface area contributed by atoms with Gasteiger partial charge in [-0.2, -0.15) is 0 Å². The summed E-state index contributed by atoms with van der Waals surface area (Å²) in [4.78, 5) is 10.5. The van der Waals surface area contributed by atoms with E-state index < -0.39 is 18.2 Å². The topological polar surface area (TPSA) is 98.0 Å². The number of rotatable bonds is 8. The second kappa shape index (κ2) is 8.97. The van der Waals surface area contributed by atoms with Gasteiger partial charge in [0.15, 0.2) is 0 Å². The van der Waals surface area contributed by atoms with Crippen LogP contribution in [-0.4, -0.2) is 44.7 Å². The second-order valence-electron chi connectivity index (χ2n) is 5.85. The minimum atomic E-state index is -1.09. The Bertz CT molecular complexity index is 375. The van der Waals surface area contributed by atoms with Crippen LogP contribution >= 0.6 is 0 Å². The number of unbranched alkanes of at least 4 members (excludes halogenated alkanes) is 1. The number of carboxylic acid groups (broad SMARTS) is 1. The van der Waals surface area contributed by atoms with E-state index in [1.165, 1.54) is 6.08 Å². The fourth-order valence-corrected chi connectivity index (χ4v) is 2.81. The van der Waals surface area contributed by atoms with Crippen molar-refractivity contribution >= 4 is 5.97 Å². The summed E-state index contributed by atoms with van der Waals surface area (Å²) in [5, 5.41) is 37.5. The number of hydrogen-bond donors (Lipinski definition) is 4. The molecule has 0 aromatic carbocycles. The molecule has 120 valence electrons. The van der Waals surface area contributed by atoms with Gasteiger partial charge in [-0.05, 0) is 56.9 Å². The third-order valence-electron chi connectivity index (χ3n) is 3.89. The van der Waals surface area contributed by atoms with Crippen LogP contribution in [0.3, 0.4) is 0 Å². The van der Waals surface area contributed by atoms with Gasteiger partial charge in [-0.15, -0.1) is 0 Å². The van der Waals surface area contributed by atoms with Gasteiger partial charge in [0.1, 0.15) is 0 Å². The van der Waals surface area contributed by atoms with Gasteiger partial charge in [-0.1, -0.05) is 12.2 Å². The minimum absolute atomic E-state index is 0.0556. The largest absolute Gasteiger partial charge is 0.478 e. The molecule has 1 rings (SSSR count). The number of aliphatic hydroxyl groups is 3. The number of allylic oxidation sites excluding steroid dienone is 2. The van der Waals surface area contributed by atoms with Crippen molar-refractivity contribution in [3.63, 3.8) is 0 Å². The molecular formula is C16H26O5. The Hall–Kier alpha value is -1.17. The van der Waals surface area contributed by atoms with E-state index in [0.29, 0.717) is 12.8 Å². The Kier molecular flexibility index (Phi) is 7.64. The van der Waals surface area contributed by atoms with Crippen molar-refractivity contribution in [1.82, 2.24) is 0 Å². The lowest BCUT2D eigenvalue weighted by Gasteiger charge is -2.19. The van der Waals surface area contributed by atoms with Crippen LogP contribution in [0.25, 0.3) is 0 Å². The van der Waals surface area contributed by atoms with Crippen LogP contribution in [0, 0.1) is 11.8 Å². The lowest BCUT2D eigenvalue weighted by atomic mass is 9.90. The lowest BCUT2D eigenvalue weighted by Crippen LogP contribution is -2.21. The summed E-state index contributed by atoms with van der Waals surface area (Å²) >= 11 is 0. The summed E-state index contributed by atoms with van der Waals surface area (Å²) in [6.45, 7) is 1.76. The van der Waals surface area contributed by atoms with E-state index in [9.17, 15) is 20.1 Å². The van der Waals surface area contributed by atoms with Gasteiger partial charge in [-0.3, -0.25) is 0 Å². The van der Waals surface area contributed by atoms with Crippen LogP contribution in [0.1, 0.15) is 39.0 Å². The molecule has 0 spiro atoms. The van der Waals surface area contributed by atoms with Crippen molar-refractivity contribution in [3.05, 3.63) is 24.3 Å². The number of hydrogen-bond acceptors (Lipinski definition) is 4. The highest BCUT2D eigenvalue weighted by Gasteiger charge is 2.35. The first-order chi connectivity index (χ1) is 9.90. The van der Waals surface area contributed by atoms with Gasteiger partial charge in [0.2, 0.25) is 0 Å². The van der Waals surface area contributed by atoms with Gasteiger partial charge in [0.05, 0.1) is 18.3 Å². The average molecular weight is 298 g/mol. The third kappa shape index (κ3) is 6.89. The third-order valence-corrected chi connectivity index (χ3v) is 3.89. The lowest BCUT2D eigenvalue weighted by molar-refractivity contribution is -0.131. The number of carbonyl (C=O) groups is 1. The zero-order valence-corrected chi connectivity index (χ0v) is 12.4. The highest BCUT2D eigenvalue weighted by Crippen LogP contribution is 2.36. The fraction of sp³-hybridized carbons (Fsp3) is 0.688. The first-order valence-electron chi connectivity index (χ1n) is 7.52. The van der Waals surface area contributed by atoms with Crippen molar-refractivity contribution < 1.29 is 25.2 Å². The molecular weight excluding hydrogens is 272 g/mol. The Morgan fingerprint density at radius 1 is 1.33 bits per heavy atom. The zero-order valence-electron chi connectivity index (χ0n) is 12.4. The number of aliphatic carboxylic acids is 1. The van der Waals surface area contributed by atoms with E-state index in [1.807, 2.05) is 12.2 Å². The molecule has 21 heavy (non-hydrogen) atoms. The Labute approximate surface area is 125 Å². The van der Waals surface area contributed by atoms with E-state index >= 15 is 0 Å². The zero-order chi connectivity index (χ0) is 15.8. The maximum Gasteiger partial charge on any atom is 0.328 e. The molecule has 0 bridgehead atoms. The van der Waals surface area contributed by atoms with Crippen LogP contribution in [0.2, 0.25) is 0 Å². The summed E-state index contributed by atoms with van der Waals surface area (Å²) < 4.78 is 0. The highest BCUT2D eigenvalue weighted by atomic mass is 16.4. The van der Waals surface area contributed by atoms with Gasteiger partial charge in [-0.25, -0.2) is 4.79 Å². The molecule has 1 fully saturated rings. The van der Waals surface area contributed by atoms with Crippen LogP contribution in [0.15, 0.2) is 24.3 Å². The molecule has 1 aliphatic rings. The average Bonchev–Trinajstić information content (AvgIpc) is 2.76. The van der Waals surface area contributed by atoms with Gasteiger partial charge in [0.25, 0.3) is 0 Å². The Morgan fingerprint density at radius 3 is 2.67 bits per heavy atom. The van der Waals surface area contributed by atoms with Crippen molar-refractivity contribution in [2.75, 3.05) is 0 Å². The molecule has 0 saturated heterocycles. The molecule has 0 aromatic rings. The maximum absolute atomic E-state index is 10.5. The van der Waals surface area contributed by atoms with Crippen molar-refractivity contribution in [3.8, 4) is 0 Å². The molecule has 1 saturated carbocycles. The monoisotopic (exact) mass is 298 g/mol. The number of carboxylic acids is 1. The summed E-state index contributed by atoms with van der Waals surface area (Å²) in [6.07, 6.45) is 8.22. The van der Waals surface area contributed by atoms with E-state index in [1.54, 1.807) is 6.92 Å². The smallest absolute Gasteiger partial charge is 0.328 e. The summed E-state index contributed by atoms with van der Waals surface area (Å²) in [5.74, 6) is -1.18. The highest BCUT2D eigenvalue weighted by molar-refractivity contribution is 5.79. The van der Waals surface area contributed by atoms with Crippen LogP contribution < -0.4 is 0 Å². The maximum atomic E-state index is 10.5. The van der Waals surface area contributed by atoms with Crippen LogP contribution in [0.5, 0.6) is 0 Å². The summed E-state index contributed by atoms with van der Waals surface area (Å²) in [7, 11) is 0. The van der Waals surface area contributed by atoms with E-state index in [0.717, 1.165) is 25.3 Å². The SMILES string of the molecule is C[C@H](O)CCC/C=C\[C@@H]1C[C@H](O)C[C@H]1[C@H](O)/C=C\C(=O)O. The quantitative estimate of drug-likeness (QED) is 0.309. The summed E-state index contributed by atoms with van der Waals surface area (Å²) in [5.41, 5.74) is 0. The normalized spacial score (nSPS) is 29.2. The molecule has 0 aromatic heterocycles. The Balaban J connectivity index is 2.50. The van der Waals surface area contributed by atoms with Crippen LogP contribution in [0.4, 0.5) is 0 Å². The van der Waals surface area contributed by atoms with E-state index in [4.69, 9.17) is 5.11 Å². The molecule has 0 unspecified atom stereocenters. The molecule has 0 heterocycles. The molecule has 5 nitrogen and oxygen atoms in total. The fourth-order valence-electron chi connectivity index (χ4n) is 2.81. The Morgan fingerprint density at radius 2 is 2.05 bits per heavy atom. The molecule has 4 N–H and O–H groups in total. The molecule has 1 aliphatic carbocycles. The van der Waals surface area contributed by atoms with Crippen molar-refractivity contribution in [1.29, 1.82) is 0 Å². The van der Waals surface area contributed by atoms with E-state index in [-0.39, 0.29) is 17.9 Å². The molecule has 0 radical (unpaired) electrons. The van der Waals surface area contributed by atoms with Gasteiger partial charge in [0, 0.05) is 6.08 Å². The van der Waals surface area contributed by atoms with E-state index in [2.05, 4.69) is 0 Å². The minimum Gasteiger partial charge on any atom is -0.478 e.